The highest BCUT2D eigenvalue weighted by atomic mass is 35.5. The molecule has 0 saturated carbocycles. The van der Waals surface area contributed by atoms with Crippen LogP contribution < -0.4 is 16.0 Å². The number of aryl methyl sites for hydroxylation is 1. The molecule has 3 aromatic rings. The predicted molar refractivity (Wildman–Crippen MR) is 101 cm³/mol. The number of aromatic nitrogens is 1. The summed E-state index contributed by atoms with van der Waals surface area (Å²) < 4.78 is 47.8. The molecule has 3 N–H and O–H groups in total. The van der Waals surface area contributed by atoms with Crippen LogP contribution in [0, 0.1) is 24.4 Å². The number of ether oxygens (including phenoxy) is 1. The molecule has 146 valence electrons. The molecule has 0 aliphatic heterocycles. The van der Waals surface area contributed by atoms with Gasteiger partial charge in [-0.1, -0.05) is 23.7 Å². The zero-order valence-corrected chi connectivity index (χ0v) is 15.5. The van der Waals surface area contributed by atoms with Crippen molar-refractivity contribution >= 4 is 11.6 Å². The molecule has 0 aliphatic rings. The predicted octanol–water partition coefficient (Wildman–Crippen LogP) is 4.46. The van der Waals surface area contributed by atoms with E-state index in [2.05, 4.69) is 4.98 Å². The van der Waals surface area contributed by atoms with E-state index in [9.17, 15) is 18.0 Å². The maximum Gasteiger partial charge on any atom is 0.270 e. The van der Waals surface area contributed by atoms with Crippen molar-refractivity contribution in [3.63, 3.8) is 0 Å². The topological polar surface area (TPSA) is 68.1 Å². The molecule has 0 saturated heterocycles. The molecule has 0 radical (unpaired) electrons. The van der Waals surface area contributed by atoms with E-state index in [-0.39, 0.29) is 40.7 Å². The van der Waals surface area contributed by atoms with Crippen LogP contribution in [-0.4, -0.2) is 4.98 Å². The molecular weight excluding hydrogens is 393 g/mol. The van der Waals surface area contributed by atoms with Gasteiger partial charge in [0.2, 0.25) is 0 Å². The van der Waals surface area contributed by atoms with Crippen molar-refractivity contribution in [3.8, 4) is 16.9 Å². The molecule has 8 heteroatoms. The first-order valence-electron chi connectivity index (χ1n) is 8.30. The highest BCUT2D eigenvalue weighted by molar-refractivity contribution is 6.32. The highest BCUT2D eigenvalue weighted by Gasteiger charge is 2.23. The molecule has 1 aromatic heterocycles. The Kier molecular flexibility index (Phi) is 5.76. The summed E-state index contributed by atoms with van der Waals surface area (Å²) in [7, 11) is 0. The summed E-state index contributed by atoms with van der Waals surface area (Å²) in [6, 6.07) is 7.39. The van der Waals surface area contributed by atoms with Crippen molar-refractivity contribution in [2.24, 2.45) is 5.73 Å². The monoisotopic (exact) mass is 408 g/mol. The molecule has 2 aromatic carbocycles. The molecule has 1 heterocycles. The zero-order chi connectivity index (χ0) is 20.4. The van der Waals surface area contributed by atoms with Crippen LogP contribution in [0.4, 0.5) is 13.2 Å². The number of nitrogens with one attached hydrogen (secondary N) is 1. The van der Waals surface area contributed by atoms with Gasteiger partial charge in [0.05, 0.1) is 11.1 Å². The molecule has 0 unspecified atom stereocenters. The van der Waals surface area contributed by atoms with E-state index in [1.165, 1.54) is 31.2 Å². The van der Waals surface area contributed by atoms with E-state index < -0.39 is 23.0 Å². The molecule has 0 fully saturated rings. The Balaban J connectivity index is 2.12. The minimum absolute atomic E-state index is 0.00314. The number of benzene rings is 2. The first-order valence-corrected chi connectivity index (χ1v) is 8.68. The average molecular weight is 409 g/mol. The van der Waals surface area contributed by atoms with E-state index in [4.69, 9.17) is 22.1 Å². The van der Waals surface area contributed by atoms with Gasteiger partial charge in [-0.2, -0.15) is 0 Å². The maximum atomic E-state index is 14.4. The van der Waals surface area contributed by atoms with E-state index in [1.54, 1.807) is 0 Å². The number of H-pyrrole nitrogens is 1. The lowest BCUT2D eigenvalue weighted by Crippen LogP contribution is -2.14. The number of hydrogen-bond acceptors (Lipinski definition) is 3. The number of hydrogen-bond donors (Lipinski definition) is 2. The standard InChI is InChI=1S/C20H16ClF3N2O2/c1-10-16(17-14(23)3-2-4-15(17)24)19(18(21)20(27)26-10)28-9-11-5-6-13(22)7-12(11)8-25/h2-7H,8-9,25H2,1H3,(H,26,27). The van der Waals surface area contributed by atoms with Crippen molar-refractivity contribution in [3.05, 3.63) is 86.0 Å². The lowest BCUT2D eigenvalue weighted by atomic mass is 10.0. The van der Waals surface area contributed by atoms with Gasteiger partial charge in [0.25, 0.3) is 5.56 Å². The van der Waals surface area contributed by atoms with E-state index in [0.717, 1.165) is 12.1 Å². The van der Waals surface area contributed by atoms with Gasteiger partial charge in [0.1, 0.15) is 29.1 Å². The van der Waals surface area contributed by atoms with Crippen LogP contribution in [0.2, 0.25) is 5.02 Å². The van der Waals surface area contributed by atoms with Gasteiger partial charge >= 0.3 is 0 Å². The number of aromatic amines is 1. The zero-order valence-electron chi connectivity index (χ0n) is 14.8. The lowest BCUT2D eigenvalue weighted by molar-refractivity contribution is 0.305. The molecule has 4 nitrogen and oxygen atoms in total. The van der Waals surface area contributed by atoms with Crippen molar-refractivity contribution < 1.29 is 17.9 Å². The summed E-state index contributed by atoms with van der Waals surface area (Å²) in [5, 5.41) is -0.348. The Morgan fingerprint density at radius 3 is 2.39 bits per heavy atom. The Bertz CT molecular complexity index is 1080. The second kappa shape index (κ2) is 8.08. The fraction of sp³-hybridized carbons (Fsp3) is 0.150. The van der Waals surface area contributed by atoms with Gasteiger partial charge in [-0.05, 0) is 42.3 Å². The molecule has 0 bridgehead atoms. The van der Waals surface area contributed by atoms with Gasteiger partial charge in [-0.25, -0.2) is 13.2 Å². The average Bonchev–Trinajstić information content (AvgIpc) is 2.65. The van der Waals surface area contributed by atoms with Gasteiger partial charge in [-0.3, -0.25) is 4.79 Å². The summed E-state index contributed by atoms with van der Waals surface area (Å²) in [5.41, 5.74) is 5.83. The Morgan fingerprint density at radius 2 is 1.75 bits per heavy atom. The first kappa shape index (κ1) is 20.0. The summed E-state index contributed by atoms with van der Waals surface area (Å²) in [6.45, 7) is 1.42. The summed E-state index contributed by atoms with van der Waals surface area (Å²) in [4.78, 5) is 14.5. The highest BCUT2D eigenvalue weighted by Crippen LogP contribution is 2.39. The van der Waals surface area contributed by atoms with E-state index >= 15 is 0 Å². The van der Waals surface area contributed by atoms with Crippen LogP contribution in [-0.2, 0) is 13.2 Å². The van der Waals surface area contributed by atoms with Crippen LogP contribution in [0.25, 0.3) is 11.1 Å². The number of rotatable bonds is 5. The van der Waals surface area contributed by atoms with Crippen LogP contribution in [0.5, 0.6) is 5.75 Å². The van der Waals surface area contributed by atoms with Crippen molar-refractivity contribution in [2.75, 3.05) is 0 Å². The maximum absolute atomic E-state index is 14.4. The van der Waals surface area contributed by atoms with Crippen LogP contribution in [0.3, 0.4) is 0 Å². The Hall–Kier alpha value is -2.77. The second-order valence-corrected chi connectivity index (χ2v) is 6.48. The van der Waals surface area contributed by atoms with Crippen molar-refractivity contribution in [2.45, 2.75) is 20.1 Å². The number of pyridine rings is 1. The van der Waals surface area contributed by atoms with Gasteiger partial charge in [0, 0.05) is 12.2 Å². The molecule has 0 amide bonds. The summed E-state index contributed by atoms with van der Waals surface area (Å²) in [6.07, 6.45) is 0. The lowest BCUT2D eigenvalue weighted by Gasteiger charge is -2.17. The number of nitrogens with two attached hydrogens (primary N) is 1. The molecule has 3 rings (SSSR count). The molecule has 0 spiro atoms. The smallest absolute Gasteiger partial charge is 0.270 e. The molecule has 0 aliphatic carbocycles. The van der Waals surface area contributed by atoms with Gasteiger partial charge in [0.15, 0.2) is 5.75 Å². The minimum Gasteiger partial charge on any atom is -0.486 e. The summed E-state index contributed by atoms with van der Waals surface area (Å²) >= 11 is 6.09. The summed E-state index contributed by atoms with van der Waals surface area (Å²) in [5.74, 6) is -2.29. The first-order chi connectivity index (χ1) is 13.3. The van der Waals surface area contributed by atoms with E-state index in [1.807, 2.05) is 0 Å². The Labute approximate surface area is 163 Å². The Morgan fingerprint density at radius 1 is 1.07 bits per heavy atom. The van der Waals surface area contributed by atoms with Crippen LogP contribution in [0.1, 0.15) is 16.8 Å². The number of halogens is 4. The van der Waals surface area contributed by atoms with Crippen LogP contribution >= 0.6 is 11.6 Å². The molecule has 28 heavy (non-hydrogen) atoms. The fourth-order valence-corrected chi connectivity index (χ4v) is 3.12. The van der Waals surface area contributed by atoms with Gasteiger partial charge in [-0.15, -0.1) is 0 Å². The third kappa shape index (κ3) is 3.76. The third-order valence-electron chi connectivity index (χ3n) is 4.27. The van der Waals surface area contributed by atoms with Gasteiger partial charge < -0.3 is 15.5 Å². The van der Waals surface area contributed by atoms with Crippen LogP contribution in [0.15, 0.2) is 41.2 Å². The van der Waals surface area contributed by atoms with E-state index in [0.29, 0.717) is 11.1 Å². The molecule has 0 atom stereocenters. The fourth-order valence-electron chi connectivity index (χ4n) is 2.92. The normalized spacial score (nSPS) is 10.9. The van der Waals surface area contributed by atoms with Crippen molar-refractivity contribution in [1.29, 1.82) is 0 Å². The molecular formula is C20H16ClF3N2O2. The third-order valence-corrected chi connectivity index (χ3v) is 4.62. The quantitative estimate of drug-likeness (QED) is 0.655. The van der Waals surface area contributed by atoms with Crippen molar-refractivity contribution in [1.82, 2.24) is 4.98 Å². The SMILES string of the molecule is Cc1[nH]c(=O)c(Cl)c(OCc2ccc(F)cc2CN)c1-c1c(F)cccc1F. The second-order valence-electron chi connectivity index (χ2n) is 6.10. The minimum atomic E-state index is -0.833. The largest absolute Gasteiger partial charge is 0.486 e.